The number of rotatable bonds is 1. The highest BCUT2D eigenvalue weighted by Gasteiger charge is 2.51. The van der Waals surface area contributed by atoms with E-state index in [1.165, 1.54) is 12.4 Å². The van der Waals surface area contributed by atoms with Crippen LogP contribution in [0.5, 0.6) is 0 Å². The van der Waals surface area contributed by atoms with Gasteiger partial charge in [-0.1, -0.05) is 0 Å². The Hall–Kier alpha value is -1.47. The number of aromatic nitrogens is 1. The molecule has 2 aliphatic heterocycles. The summed E-state index contributed by atoms with van der Waals surface area (Å²) in [6, 6.07) is 7.30. The molecule has 0 unspecified atom stereocenters. The van der Waals surface area contributed by atoms with Crippen molar-refractivity contribution in [3.63, 3.8) is 0 Å². The molecule has 4 rings (SSSR count). The molecule has 7 heteroatoms. The number of thiophene rings is 1. The second-order valence-electron chi connectivity index (χ2n) is 4.67. The highest BCUT2D eigenvalue weighted by Crippen LogP contribution is 2.41. The van der Waals surface area contributed by atoms with Gasteiger partial charge in [0.15, 0.2) is 5.70 Å². The molecule has 0 saturated carbocycles. The Kier molecular flexibility index (Phi) is 2.47. The molecule has 2 aromatic rings. The highest BCUT2D eigenvalue weighted by molar-refractivity contribution is 9.11. The van der Waals surface area contributed by atoms with Gasteiger partial charge < -0.3 is 17.6 Å². The number of allylic oxidation sites excluding steroid dienone is 2. The molecule has 100 valence electrons. The molecule has 0 spiro atoms. The van der Waals surface area contributed by atoms with Crippen LogP contribution in [0.15, 0.2) is 52.1 Å². The van der Waals surface area contributed by atoms with Gasteiger partial charge >= 0.3 is 6.97 Å². The second kappa shape index (κ2) is 4.02. The van der Waals surface area contributed by atoms with Crippen LogP contribution >= 0.6 is 27.3 Å². The molecule has 0 N–H and O–H groups in total. The highest BCUT2D eigenvalue weighted by atomic mass is 79.9. The van der Waals surface area contributed by atoms with Crippen molar-refractivity contribution in [1.29, 1.82) is 0 Å². The minimum absolute atomic E-state index is 0.565. The van der Waals surface area contributed by atoms with Crippen molar-refractivity contribution in [3.8, 4) is 0 Å². The molecule has 0 atom stereocenters. The molecular formula is C13H8BBrF2N2S. The van der Waals surface area contributed by atoms with Crippen molar-refractivity contribution in [3.05, 3.63) is 62.7 Å². The SMILES string of the molecule is F[B-]1(F)n2cccc2C(c2ccc(Br)s2)=C2C=CC=[N+]21. The standard InChI is InChI=1S/C13H8BBrF2N2S/c15-12-6-5-11(20-12)13-9-3-1-7-18(9)14(16,17)19-8-2-4-10(13)19/h1-8H. The molecule has 0 aromatic carbocycles. The summed E-state index contributed by atoms with van der Waals surface area (Å²) < 4.78 is 32.2. The summed E-state index contributed by atoms with van der Waals surface area (Å²) in [5.74, 6) is 0. The Bertz CT molecular complexity index is 816. The van der Waals surface area contributed by atoms with E-state index in [-0.39, 0.29) is 0 Å². The van der Waals surface area contributed by atoms with E-state index in [4.69, 9.17) is 0 Å². The van der Waals surface area contributed by atoms with Gasteiger partial charge in [0.1, 0.15) is 6.21 Å². The van der Waals surface area contributed by atoms with Gasteiger partial charge in [-0.2, -0.15) is 0 Å². The molecule has 0 amide bonds. The largest absolute Gasteiger partial charge is 0.737 e. The van der Waals surface area contributed by atoms with Crippen LogP contribution in [0, 0.1) is 0 Å². The summed E-state index contributed by atoms with van der Waals surface area (Å²) in [5.41, 5.74) is 1.98. The molecule has 0 aliphatic carbocycles. The van der Waals surface area contributed by atoms with Gasteiger partial charge in [-0.25, -0.2) is 0 Å². The van der Waals surface area contributed by atoms with E-state index in [2.05, 4.69) is 15.9 Å². The maximum atomic E-state index is 14.5. The first-order valence-electron chi connectivity index (χ1n) is 6.09. The smallest absolute Gasteiger partial charge is 0.396 e. The van der Waals surface area contributed by atoms with E-state index in [1.807, 2.05) is 12.1 Å². The van der Waals surface area contributed by atoms with Crippen molar-refractivity contribution < 1.29 is 13.1 Å². The van der Waals surface area contributed by atoms with Crippen molar-refractivity contribution in [2.24, 2.45) is 0 Å². The Morgan fingerprint density at radius 3 is 2.85 bits per heavy atom. The summed E-state index contributed by atoms with van der Waals surface area (Å²) in [4.78, 5) is 0.975. The number of hydrogen-bond acceptors (Lipinski definition) is 1. The lowest BCUT2D eigenvalue weighted by atomic mass is 9.88. The summed E-state index contributed by atoms with van der Waals surface area (Å²) in [6.45, 7) is -3.80. The fourth-order valence-electron chi connectivity index (χ4n) is 2.72. The predicted octanol–water partition coefficient (Wildman–Crippen LogP) is 3.96. The monoisotopic (exact) mass is 352 g/mol. The molecular weight excluding hydrogens is 345 g/mol. The van der Waals surface area contributed by atoms with Crippen LogP contribution < -0.4 is 0 Å². The Morgan fingerprint density at radius 1 is 1.25 bits per heavy atom. The van der Waals surface area contributed by atoms with Crippen LogP contribution in [0.25, 0.3) is 5.57 Å². The molecule has 0 bridgehead atoms. The number of halogens is 3. The molecule has 20 heavy (non-hydrogen) atoms. The summed E-state index contributed by atoms with van der Waals surface area (Å²) in [6.07, 6.45) is 6.30. The topological polar surface area (TPSA) is 7.94 Å². The van der Waals surface area contributed by atoms with E-state index < -0.39 is 6.97 Å². The lowest BCUT2D eigenvalue weighted by molar-refractivity contribution is -0.356. The van der Waals surface area contributed by atoms with E-state index in [0.717, 1.165) is 23.2 Å². The molecule has 4 heterocycles. The number of nitrogens with zero attached hydrogens (tertiary/aromatic N) is 2. The van der Waals surface area contributed by atoms with Crippen molar-refractivity contribution in [1.82, 2.24) is 4.48 Å². The second-order valence-corrected chi connectivity index (χ2v) is 7.13. The third kappa shape index (κ3) is 1.50. The normalized spacial score (nSPS) is 19.1. The van der Waals surface area contributed by atoms with E-state index in [1.54, 1.807) is 35.6 Å². The van der Waals surface area contributed by atoms with E-state index in [0.29, 0.717) is 11.4 Å². The fraction of sp³-hybridized carbons (Fsp3) is 0. The minimum Gasteiger partial charge on any atom is -0.396 e. The Balaban J connectivity index is 2.07. The maximum absolute atomic E-state index is 14.5. The Labute approximate surface area is 126 Å². The lowest BCUT2D eigenvalue weighted by Gasteiger charge is -2.30. The minimum atomic E-state index is -3.80. The van der Waals surface area contributed by atoms with Gasteiger partial charge in [0.2, 0.25) is 0 Å². The first-order chi connectivity index (χ1) is 9.59. The summed E-state index contributed by atoms with van der Waals surface area (Å²) >= 11 is 4.97. The third-order valence-electron chi connectivity index (χ3n) is 3.56. The molecule has 2 nitrogen and oxygen atoms in total. The van der Waals surface area contributed by atoms with Crippen LogP contribution in [-0.2, 0) is 0 Å². The van der Waals surface area contributed by atoms with Gasteiger partial charge in [-0.3, -0.25) is 0 Å². The van der Waals surface area contributed by atoms with Gasteiger partial charge in [0, 0.05) is 22.7 Å². The number of fused-ring (bicyclic) bond motifs is 2. The molecule has 0 saturated heterocycles. The van der Waals surface area contributed by atoms with E-state index >= 15 is 0 Å². The number of hydrogen-bond donors (Lipinski definition) is 0. The first-order valence-corrected chi connectivity index (χ1v) is 7.69. The van der Waals surface area contributed by atoms with Gasteiger partial charge in [-0.15, -0.1) is 11.3 Å². The zero-order chi connectivity index (χ0) is 13.9. The predicted molar refractivity (Wildman–Crippen MR) is 81.3 cm³/mol. The first kappa shape index (κ1) is 12.3. The average molecular weight is 353 g/mol. The van der Waals surface area contributed by atoms with Gasteiger partial charge in [0.05, 0.1) is 9.36 Å². The zero-order valence-electron chi connectivity index (χ0n) is 10.1. The fourth-order valence-corrected chi connectivity index (χ4v) is 4.17. The van der Waals surface area contributed by atoms with Gasteiger partial charge in [0.25, 0.3) is 0 Å². The molecule has 0 radical (unpaired) electrons. The lowest BCUT2D eigenvalue weighted by Crippen LogP contribution is -2.49. The van der Waals surface area contributed by atoms with Gasteiger partial charge in [-0.05, 0) is 46.4 Å². The zero-order valence-corrected chi connectivity index (χ0v) is 12.5. The molecule has 2 aliphatic rings. The Morgan fingerprint density at radius 2 is 2.10 bits per heavy atom. The van der Waals surface area contributed by atoms with Crippen LogP contribution in [0.3, 0.4) is 0 Å². The quantitative estimate of drug-likeness (QED) is 0.686. The third-order valence-corrected chi connectivity index (χ3v) is 5.20. The van der Waals surface area contributed by atoms with Crippen molar-refractivity contribution >= 4 is 46.0 Å². The average Bonchev–Trinajstić information content (AvgIpc) is 3.09. The van der Waals surface area contributed by atoms with Crippen LogP contribution in [0.4, 0.5) is 8.63 Å². The van der Waals surface area contributed by atoms with E-state index in [9.17, 15) is 8.63 Å². The summed E-state index contributed by atoms with van der Waals surface area (Å²) in [5, 5.41) is 0. The van der Waals surface area contributed by atoms with Crippen LogP contribution in [-0.4, -0.2) is 22.1 Å². The molecule has 0 fully saturated rings. The van der Waals surface area contributed by atoms with Crippen LogP contribution in [0.1, 0.15) is 10.6 Å². The van der Waals surface area contributed by atoms with Crippen molar-refractivity contribution in [2.45, 2.75) is 0 Å². The molecule has 2 aromatic heterocycles. The summed E-state index contributed by atoms with van der Waals surface area (Å²) in [7, 11) is 0. The van der Waals surface area contributed by atoms with Crippen molar-refractivity contribution in [2.75, 3.05) is 0 Å². The van der Waals surface area contributed by atoms with Crippen LogP contribution in [0.2, 0.25) is 0 Å². The maximum Gasteiger partial charge on any atom is 0.737 e.